The van der Waals surface area contributed by atoms with Crippen molar-refractivity contribution in [2.24, 2.45) is 11.8 Å². The van der Waals surface area contributed by atoms with E-state index in [2.05, 4.69) is 0 Å². The minimum Gasteiger partial charge on any atom is -0.463 e. The smallest absolute Gasteiger partial charge is 0.347 e. The quantitative estimate of drug-likeness (QED) is 0.739. The fraction of sp³-hybridized carbons (Fsp3) is 0.556. The van der Waals surface area contributed by atoms with E-state index in [0.717, 1.165) is 6.42 Å². The summed E-state index contributed by atoms with van der Waals surface area (Å²) < 4.78 is 37.3. The van der Waals surface area contributed by atoms with Gasteiger partial charge in [0.1, 0.15) is 0 Å². The second kappa shape index (κ2) is 7.36. The van der Waals surface area contributed by atoms with Gasteiger partial charge < -0.3 is 9.47 Å². The van der Waals surface area contributed by atoms with Crippen LogP contribution in [-0.4, -0.2) is 50.5 Å². The summed E-state index contributed by atoms with van der Waals surface area (Å²) in [4.78, 5) is 23.8. The molecule has 0 amide bonds. The van der Waals surface area contributed by atoms with E-state index in [-0.39, 0.29) is 28.9 Å². The van der Waals surface area contributed by atoms with E-state index in [4.69, 9.17) is 9.47 Å². The molecule has 0 aliphatic carbocycles. The molecule has 2 fully saturated rings. The van der Waals surface area contributed by atoms with Gasteiger partial charge in [-0.2, -0.15) is 4.31 Å². The highest BCUT2D eigenvalue weighted by molar-refractivity contribution is 7.89. The van der Waals surface area contributed by atoms with Gasteiger partial charge in [0.2, 0.25) is 16.1 Å². The molecule has 2 saturated heterocycles. The normalized spacial score (nSPS) is 27.2. The van der Waals surface area contributed by atoms with Gasteiger partial charge in [0.15, 0.2) is 0 Å². The molecule has 0 radical (unpaired) electrons. The molecule has 142 valence electrons. The summed E-state index contributed by atoms with van der Waals surface area (Å²) in [7, 11) is -3.69. The standard InChI is InChI=1S/C18H23NO6S/c1-12-8-13(2)11-19(10-12)26(22,23)15-5-3-4-14(9-15)17(20)25-16-6-7-24-18(16)21/h3-5,9,12-13,16H,6-8,10-11H2,1-2H3/t12-,13-,16-/m1/s1. The SMILES string of the molecule is C[C@@H]1C[C@@H](C)CN(S(=O)(=O)c2cccc(C(=O)O[C@@H]3CCOC3=O)c2)C1. The predicted octanol–water partition coefficient (Wildman–Crippen LogP) is 1.83. The topological polar surface area (TPSA) is 90.0 Å². The number of sulfonamides is 1. The van der Waals surface area contributed by atoms with Crippen LogP contribution in [0, 0.1) is 11.8 Å². The summed E-state index contributed by atoms with van der Waals surface area (Å²) in [5.41, 5.74) is 0.101. The monoisotopic (exact) mass is 381 g/mol. The lowest BCUT2D eigenvalue weighted by Crippen LogP contribution is -2.42. The van der Waals surface area contributed by atoms with Crippen molar-refractivity contribution in [1.29, 1.82) is 0 Å². The molecule has 1 aromatic rings. The van der Waals surface area contributed by atoms with Crippen LogP contribution in [0.5, 0.6) is 0 Å². The summed E-state index contributed by atoms with van der Waals surface area (Å²) >= 11 is 0. The van der Waals surface area contributed by atoms with Crippen LogP contribution in [0.25, 0.3) is 0 Å². The lowest BCUT2D eigenvalue weighted by Gasteiger charge is -2.34. The summed E-state index contributed by atoms with van der Waals surface area (Å²) in [5.74, 6) is -0.727. The van der Waals surface area contributed by atoms with Crippen molar-refractivity contribution in [2.45, 2.75) is 37.7 Å². The number of hydrogen-bond acceptors (Lipinski definition) is 6. The molecule has 2 aliphatic rings. The third kappa shape index (κ3) is 3.91. The molecule has 0 bridgehead atoms. The van der Waals surface area contributed by atoms with Crippen molar-refractivity contribution in [2.75, 3.05) is 19.7 Å². The van der Waals surface area contributed by atoms with Crippen molar-refractivity contribution in [3.05, 3.63) is 29.8 Å². The van der Waals surface area contributed by atoms with Crippen LogP contribution >= 0.6 is 0 Å². The Morgan fingerprint density at radius 3 is 2.54 bits per heavy atom. The third-order valence-corrected chi connectivity index (χ3v) is 6.51. The van der Waals surface area contributed by atoms with Crippen LogP contribution in [-0.2, 0) is 24.3 Å². The summed E-state index contributed by atoms with van der Waals surface area (Å²) in [5, 5.41) is 0. The molecule has 0 saturated carbocycles. The van der Waals surface area contributed by atoms with E-state index < -0.39 is 28.1 Å². The Morgan fingerprint density at radius 2 is 1.92 bits per heavy atom. The minimum atomic E-state index is -3.69. The Bertz CT molecular complexity index is 796. The number of rotatable bonds is 4. The van der Waals surface area contributed by atoms with Gasteiger partial charge in [-0.15, -0.1) is 0 Å². The van der Waals surface area contributed by atoms with Crippen LogP contribution in [0.4, 0.5) is 0 Å². The molecule has 1 aromatic carbocycles. The molecule has 7 nitrogen and oxygen atoms in total. The van der Waals surface area contributed by atoms with Crippen molar-refractivity contribution < 1.29 is 27.5 Å². The van der Waals surface area contributed by atoms with Gasteiger partial charge in [-0.3, -0.25) is 0 Å². The maximum absolute atomic E-state index is 12.9. The molecule has 0 N–H and O–H groups in total. The zero-order valence-corrected chi connectivity index (χ0v) is 15.7. The van der Waals surface area contributed by atoms with Crippen LogP contribution < -0.4 is 0 Å². The average Bonchev–Trinajstić information content (AvgIpc) is 2.99. The number of esters is 2. The molecule has 3 atom stereocenters. The number of hydrogen-bond donors (Lipinski definition) is 0. The van der Waals surface area contributed by atoms with Crippen LogP contribution in [0.1, 0.15) is 37.0 Å². The second-order valence-electron chi connectivity index (χ2n) is 7.15. The maximum Gasteiger partial charge on any atom is 0.347 e. The largest absolute Gasteiger partial charge is 0.463 e. The second-order valence-corrected chi connectivity index (χ2v) is 9.08. The highest BCUT2D eigenvalue weighted by Gasteiger charge is 2.33. The molecule has 0 spiro atoms. The van der Waals surface area contributed by atoms with Gasteiger partial charge in [-0.25, -0.2) is 18.0 Å². The van der Waals surface area contributed by atoms with Gasteiger partial charge in [0, 0.05) is 19.5 Å². The molecule has 2 aliphatic heterocycles. The Morgan fingerprint density at radius 1 is 1.23 bits per heavy atom. The molecular formula is C18H23NO6S. The van der Waals surface area contributed by atoms with Gasteiger partial charge in [0.25, 0.3) is 0 Å². The first-order chi connectivity index (χ1) is 12.3. The lowest BCUT2D eigenvalue weighted by atomic mass is 9.94. The molecule has 26 heavy (non-hydrogen) atoms. The molecular weight excluding hydrogens is 358 g/mol. The predicted molar refractivity (Wildman–Crippen MR) is 92.9 cm³/mol. The van der Waals surface area contributed by atoms with Crippen LogP contribution in [0.3, 0.4) is 0 Å². The summed E-state index contributed by atoms with van der Waals surface area (Å²) in [6, 6.07) is 5.76. The summed E-state index contributed by atoms with van der Waals surface area (Å²) in [6.45, 7) is 5.22. The van der Waals surface area contributed by atoms with Crippen molar-refractivity contribution >= 4 is 22.0 Å². The molecule has 3 rings (SSSR count). The number of carbonyl (C=O) groups excluding carboxylic acids is 2. The highest BCUT2D eigenvalue weighted by atomic mass is 32.2. The Kier molecular flexibility index (Phi) is 5.34. The molecule has 0 aromatic heterocycles. The minimum absolute atomic E-state index is 0.0576. The molecule has 2 heterocycles. The fourth-order valence-corrected chi connectivity index (χ4v) is 5.24. The number of carbonyl (C=O) groups is 2. The van der Waals surface area contributed by atoms with E-state index in [1.54, 1.807) is 0 Å². The first-order valence-electron chi connectivity index (χ1n) is 8.75. The van der Waals surface area contributed by atoms with E-state index in [1.807, 2.05) is 13.8 Å². The molecule has 8 heteroatoms. The van der Waals surface area contributed by atoms with Crippen LogP contribution in [0.15, 0.2) is 29.2 Å². The zero-order valence-electron chi connectivity index (χ0n) is 14.9. The highest BCUT2D eigenvalue weighted by Crippen LogP contribution is 2.27. The first-order valence-corrected chi connectivity index (χ1v) is 10.2. The average molecular weight is 381 g/mol. The van der Waals surface area contributed by atoms with E-state index in [1.165, 1.54) is 28.6 Å². The molecule has 0 unspecified atom stereocenters. The van der Waals surface area contributed by atoms with E-state index in [0.29, 0.717) is 19.5 Å². The Labute approximate surface area is 153 Å². The fourth-order valence-electron chi connectivity index (χ4n) is 3.52. The number of benzene rings is 1. The Hall–Kier alpha value is -1.93. The van der Waals surface area contributed by atoms with Gasteiger partial charge in [-0.05, 0) is 36.5 Å². The first kappa shape index (κ1) is 18.8. The van der Waals surface area contributed by atoms with Gasteiger partial charge >= 0.3 is 11.9 Å². The number of cyclic esters (lactones) is 1. The van der Waals surface area contributed by atoms with Crippen molar-refractivity contribution in [1.82, 2.24) is 4.31 Å². The third-order valence-electron chi connectivity index (χ3n) is 4.68. The zero-order chi connectivity index (χ0) is 18.9. The number of piperidine rings is 1. The number of ether oxygens (including phenoxy) is 2. The number of nitrogens with zero attached hydrogens (tertiary/aromatic N) is 1. The van der Waals surface area contributed by atoms with Crippen molar-refractivity contribution in [3.8, 4) is 0 Å². The van der Waals surface area contributed by atoms with Crippen LogP contribution in [0.2, 0.25) is 0 Å². The van der Waals surface area contributed by atoms with Gasteiger partial charge in [0.05, 0.1) is 17.1 Å². The lowest BCUT2D eigenvalue weighted by molar-refractivity contribution is -0.145. The van der Waals surface area contributed by atoms with Gasteiger partial charge in [-0.1, -0.05) is 19.9 Å². The summed E-state index contributed by atoms with van der Waals surface area (Å²) in [6.07, 6.45) is 0.383. The van der Waals surface area contributed by atoms with Crippen molar-refractivity contribution in [3.63, 3.8) is 0 Å². The van der Waals surface area contributed by atoms with E-state index >= 15 is 0 Å². The maximum atomic E-state index is 12.9. The van der Waals surface area contributed by atoms with E-state index in [9.17, 15) is 18.0 Å². The Balaban J connectivity index is 1.79.